The van der Waals surface area contributed by atoms with E-state index in [2.05, 4.69) is 40.3 Å². The predicted octanol–water partition coefficient (Wildman–Crippen LogP) is 1.58. The van der Waals surface area contributed by atoms with E-state index in [1.165, 1.54) is 16.0 Å². The Morgan fingerprint density at radius 1 is 0.717 bits per heavy atom. The highest BCUT2D eigenvalue weighted by atomic mass is 16.4. The zero-order chi connectivity index (χ0) is 43.4. The van der Waals surface area contributed by atoms with Crippen LogP contribution < -0.4 is 32.5 Å². The molecule has 0 aliphatic carbocycles. The number of rotatable bonds is 3. The lowest BCUT2D eigenvalue weighted by Gasteiger charge is -2.31. The summed E-state index contributed by atoms with van der Waals surface area (Å²) in [6.07, 6.45) is 3.42. The number of benzene rings is 4. The summed E-state index contributed by atoms with van der Waals surface area (Å²) in [4.78, 5) is 75.5. The molecule has 0 saturated carbocycles. The number of primary amides is 1. The van der Waals surface area contributed by atoms with Crippen molar-refractivity contribution < 1.29 is 38.8 Å². The molecule has 4 aromatic carbocycles. The van der Waals surface area contributed by atoms with E-state index in [0.29, 0.717) is 36.0 Å². The van der Waals surface area contributed by atoms with Crippen LogP contribution in [0.1, 0.15) is 41.5 Å². The Morgan fingerprint density at radius 2 is 1.40 bits per heavy atom. The largest absolute Gasteiger partial charge is 0.488 e. The molecule has 6 rings (SSSR count). The molecule has 0 aromatic heterocycles. The van der Waals surface area contributed by atoms with Crippen molar-refractivity contribution in [3.8, 4) is 11.1 Å². The minimum absolute atomic E-state index is 0.0415. The normalized spacial score (nSPS) is 18.3. The van der Waals surface area contributed by atoms with Gasteiger partial charge in [-0.2, -0.15) is 0 Å². The summed E-state index contributed by atoms with van der Waals surface area (Å²) in [5.41, 5.74) is 11.9. The van der Waals surface area contributed by atoms with Crippen LogP contribution in [0.2, 0.25) is 0 Å². The number of piperidine rings is 1. The van der Waals surface area contributed by atoms with Crippen LogP contribution in [0.15, 0.2) is 115 Å². The lowest BCUT2D eigenvalue weighted by atomic mass is 9.79. The predicted molar refractivity (Wildman–Crippen MR) is 230 cm³/mol. The van der Waals surface area contributed by atoms with Gasteiger partial charge in [-0.1, -0.05) is 114 Å². The van der Waals surface area contributed by atoms with Crippen LogP contribution in [0.3, 0.4) is 0 Å². The molecule has 2 bridgehead atoms. The van der Waals surface area contributed by atoms with Crippen LogP contribution in [0.5, 0.6) is 0 Å². The molecular weight excluding hydrogens is 763 g/mol. The summed E-state index contributed by atoms with van der Waals surface area (Å²) < 4.78 is 0. The number of carbonyl (C=O) groups is 6. The fraction of sp³-hybridized carbons (Fsp3) is 0.289. The maximum Gasteiger partial charge on any atom is 0.488 e. The van der Waals surface area contributed by atoms with Crippen LogP contribution in [0.4, 0.5) is 0 Å². The summed E-state index contributed by atoms with van der Waals surface area (Å²) >= 11 is 0. The first kappa shape index (κ1) is 46.1. The molecule has 2 unspecified atom stereocenters. The minimum atomic E-state index is -1.41. The maximum atomic E-state index is 12.6. The van der Waals surface area contributed by atoms with Gasteiger partial charge in [-0.25, -0.2) is 0 Å². The molecule has 15 heteroatoms. The number of aryl methyl sites for hydroxylation is 2. The van der Waals surface area contributed by atoms with E-state index >= 15 is 0 Å². The molecule has 2 atom stereocenters. The van der Waals surface area contributed by atoms with Gasteiger partial charge in [0.15, 0.2) is 0 Å². The van der Waals surface area contributed by atoms with Gasteiger partial charge in [-0.05, 0) is 60.8 Å². The van der Waals surface area contributed by atoms with Crippen molar-refractivity contribution in [2.75, 3.05) is 26.2 Å². The average Bonchev–Trinajstić information content (AvgIpc) is 3.24. The lowest BCUT2D eigenvalue weighted by molar-refractivity contribution is -0.133. The van der Waals surface area contributed by atoms with Crippen molar-refractivity contribution in [2.24, 2.45) is 11.7 Å². The smallest absolute Gasteiger partial charge is 0.423 e. The second kappa shape index (κ2) is 23.7. The van der Waals surface area contributed by atoms with E-state index < -0.39 is 48.6 Å². The summed E-state index contributed by atoms with van der Waals surface area (Å²) in [7, 11) is -1.41. The fourth-order valence-electron chi connectivity index (χ4n) is 6.38. The van der Waals surface area contributed by atoms with Gasteiger partial charge < -0.3 is 41.9 Å². The van der Waals surface area contributed by atoms with Gasteiger partial charge in [0.25, 0.3) is 0 Å². The molecule has 6 amide bonds. The molecule has 0 spiro atoms. The molecule has 60 heavy (non-hydrogen) atoms. The highest BCUT2D eigenvalue weighted by Crippen LogP contribution is 2.19. The number of hydrogen-bond acceptors (Lipinski definition) is 8. The third kappa shape index (κ3) is 15.6. The number of carbonyl (C=O) groups excluding carboxylic acids is 6. The first-order chi connectivity index (χ1) is 28.8. The highest BCUT2D eigenvalue weighted by Gasteiger charge is 2.28. The van der Waals surface area contributed by atoms with Crippen molar-refractivity contribution in [1.29, 1.82) is 0 Å². The van der Waals surface area contributed by atoms with Crippen molar-refractivity contribution in [1.82, 2.24) is 26.2 Å². The Morgan fingerprint density at radius 3 is 2.07 bits per heavy atom. The molecule has 2 aliphatic heterocycles. The van der Waals surface area contributed by atoms with E-state index in [1.807, 2.05) is 61.5 Å². The van der Waals surface area contributed by atoms with Gasteiger partial charge in [-0.3, -0.25) is 28.8 Å². The third-order valence-electron chi connectivity index (χ3n) is 9.77. The molecule has 8 N–H and O–H groups in total. The third-order valence-corrected chi connectivity index (χ3v) is 9.77. The van der Waals surface area contributed by atoms with Gasteiger partial charge >= 0.3 is 7.12 Å². The van der Waals surface area contributed by atoms with Crippen LogP contribution in [-0.2, 0) is 41.7 Å². The van der Waals surface area contributed by atoms with E-state index in [4.69, 9.17) is 15.8 Å². The van der Waals surface area contributed by atoms with Gasteiger partial charge in [-0.15, -0.1) is 0 Å². The van der Waals surface area contributed by atoms with Crippen LogP contribution in [0.25, 0.3) is 11.1 Å². The van der Waals surface area contributed by atoms with E-state index in [9.17, 15) is 28.8 Å². The topological polar surface area (TPSA) is 220 Å². The Balaban J connectivity index is 0.000000279. The van der Waals surface area contributed by atoms with Crippen LogP contribution in [0, 0.1) is 19.8 Å². The minimum Gasteiger partial charge on any atom is -0.423 e. The monoisotopic (exact) mass is 816 g/mol. The number of fused-ring (bicyclic) bond motifs is 3. The second-order valence-corrected chi connectivity index (χ2v) is 14.5. The standard InChI is InChI=1S/C25H32N6O6.C13H13BO2.C7H8/c26-24(36)19-9-10-27-20(32)7-8-23(35)31-11-3-6-18(15-31)25(37)29-14-22(34)28-13-17-5-2-1-4-16(17)12-21(33)30-19;1-10-5-7-11(8-6-10)12-3-2-4-13(9-12)14(15)16;1-7-5-3-2-4-6-7/h1-2,4-5,7-8,18-19H,3,6,9-15H2,(H2,26,36)(H,27,32)(H,28,34)(H,29,37)(H,30,33);2-9,15-16H,1H3;2-6H,1H3/b8-7+;;. The zero-order valence-electron chi connectivity index (χ0n) is 33.9. The molecule has 0 radical (unpaired) electrons. The highest BCUT2D eigenvalue weighted by molar-refractivity contribution is 6.58. The van der Waals surface area contributed by atoms with E-state index in [-0.39, 0.29) is 44.9 Å². The molecule has 2 aliphatic rings. The summed E-state index contributed by atoms with van der Waals surface area (Å²) in [6.45, 7) is 4.71. The van der Waals surface area contributed by atoms with Crippen molar-refractivity contribution >= 4 is 48.0 Å². The van der Waals surface area contributed by atoms with E-state index in [1.54, 1.807) is 36.4 Å². The SMILES string of the molecule is Cc1ccc(-c2cccc(B(O)O)c2)cc1.Cc1ccccc1.NC(=O)C1CCNC(=O)/C=C/C(=O)N2CCCC(C2)C(=O)NCC(=O)NCc2ccccc2CC(=O)N1. The van der Waals surface area contributed by atoms with Gasteiger partial charge in [0, 0.05) is 38.3 Å². The second-order valence-electron chi connectivity index (χ2n) is 14.5. The number of amides is 6. The molecule has 1 saturated heterocycles. The fourth-order valence-corrected chi connectivity index (χ4v) is 6.38. The van der Waals surface area contributed by atoms with Crippen LogP contribution in [-0.4, -0.2) is 89.7 Å². The quantitative estimate of drug-likeness (QED) is 0.150. The zero-order valence-corrected chi connectivity index (χ0v) is 33.9. The van der Waals surface area contributed by atoms with Crippen molar-refractivity contribution in [3.63, 3.8) is 0 Å². The molecule has 2 heterocycles. The number of hydrogen-bond donors (Lipinski definition) is 7. The van der Waals surface area contributed by atoms with Gasteiger partial charge in [0.2, 0.25) is 35.4 Å². The summed E-state index contributed by atoms with van der Waals surface area (Å²) in [6, 6.07) is 31.7. The number of nitrogens with zero attached hydrogens (tertiary/aromatic N) is 1. The van der Waals surface area contributed by atoms with Gasteiger partial charge in [0.1, 0.15) is 6.04 Å². The Bertz CT molecular complexity index is 2110. The van der Waals surface area contributed by atoms with Crippen molar-refractivity contribution in [2.45, 2.75) is 52.1 Å². The Kier molecular flexibility index (Phi) is 18.2. The molecule has 4 aromatic rings. The maximum absolute atomic E-state index is 12.6. The summed E-state index contributed by atoms with van der Waals surface area (Å²) in [5.74, 6) is -3.33. The molecule has 314 valence electrons. The Labute approximate surface area is 350 Å². The number of nitrogens with one attached hydrogen (secondary N) is 4. The first-order valence-electron chi connectivity index (χ1n) is 19.8. The molecular formula is C45H53BN6O8. The van der Waals surface area contributed by atoms with Crippen LogP contribution >= 0.6 is 0 Å². The number of nitrogens with two attached hydrogens (primary N) is 1. The average molecular weight is 817 g/mol. The molecule has 14 nitrogen and oxygen atoms in total. The van der Waals surface area contributed by atoms with E-state index in [0.717, 1.165) is 23.3 Å². The molecule has 1 fully saturated rings. The Hall–Kier alpha value is -6.58. The van der Waals surface area contributed by atoms with Crippen molar-refractivity contribution in [3.05, 3.63) is 138 Å². The summed E-state index contributed by atoms with van der Waals surface area (Å²) in [5, 5.41) is 28.7. The lowest BCUT2D eigenvalue weighted by Crippen LogP contribution is -2.47. The first-order valence-corrected chi connectivity index (χ1v) is 19.8. The van der Waals surface area contributed by atoms with Gasteiger partial charge in [0.05, 0.1) is 18.9 Å².